The van der Waals surface area contributed by atoms with Crippen molar-refractivity contribution in [1.82, 2.24) is 0 Å². The summed E-state index contributed by atoms with van der Waals surface area (Å²) in [6.07, 6.45) is 1.32. The molecule has 0 spiro atoms. The van der Waals surface area contributed by atoms with E-state index in [1.807, 2.05) is 26.9 Å². The lowest BCUT2D eigenvalue weighted by atomic mass is 9.94. The Bertz CT molecular complexity index is 586. The van der Waals surface area contributed by atoms with E-state index in [0.717, 1.165) is 0 Å². The highest BCUT2D eigenvalue weighted by Gasteiger charge is 2.44. The quantitative estimate of drug-likeness (QED) is 0.866. The summed E-state index contributed by atoms with van der Waals surface area (Å²) < 4.78 is 14.0. The van der Waals surface area contributed by atoms with Crippen molar-refractivity contribution in [2.45, 2.75) is 44.8 Å². The highest BCUT2D eigenvalue weighted by Crippen LogP contribution is 2.44. The van der Waals surface area contributed by atoms with Crippen molar-refractivity contribution < 1.29 is 14.0 Å². The average Bonchev–Trinajstić information content (AvgIpc) is 2.69. The molecule has 118 valence electrons. The molecule has 6 heteroatoms. The largest absolute Gasteiger partial charge is 0.432 e. The number of benzene rings is 1. The molecular weight excluding hydrogens is 296 g/mol. The van der Waals surface area contributed by atoms with Crippen molar-refractivity contribution in [3.8, 4) is 0 Å². The van der Waals surface area contributed by atoms with Crippen LogP contribution in [0.5, 0.6) is 0 Å². The van der Waals surface area contributed by atoms with Crippen LogP contribution in [-0.4, -0.2) is 33.4 Å². The average molecular weight is 319 g/mol. The highest BCUT2D eigenvalue weighted by atomic mass is 28.4. The fourth-order valence-electron chi connectivity index (χ4n) is 2.78. The van der Waals surface area contributed by atoms with Gasteiger partial charge in [0.2, 0.25) is 5.91 Å². The van der Waals surface area contributed by atoms with Gasteiger partial charge in [0.15, 0.2) is 8.32 Å². The minimum Gasteiger partial charge on any atom is -0.432 e. The van der Waals surface area contributed by atoms with Gasteiger partial charge in [-0.3, -0.25) is 4.79 Å². The molecule has 1 fully saturated rings. The molecule has 0 aliphatic carbocycles. The molecule has 1 aliphatic rings. The number of hydrogen-bond donors (Lipinski definition) is 1. The fraction of sp³-hybridized carbons (Fsp3) is 0.562. The predicted octanol–water partition coefficient (Wildman–Crippen LogP) is 2.34. The van der Waals surface area contributed by atoms with E-state index in [1.165, 1.54) is 11.0 Å². The molecule has 1 atom stereocenters. The standard InChI is InChI=1S/C16H23BFNO2Si/c1-16(2,22(3,4)21)10-11-7-8-19(15(11)20)14-6-5-12(17)9-13(14)18/h5-6,9,11,21H,7-8,10H2,1-4H3. The number of amides is 1. The summed E-state index contributed by atoms with van der Waals surface area (Å²) in [5.41, 5.74) is 0.638. The monoisotopic (exact) mass is 319 g/mol. The lowest BCUT2D eigenvalue weighted by Gasteiger charge is -2.36. The van der Waals surface area contributed by atoms with Gasteiger partial charge in [0.05, 0.1) is 5.69 Å². The van der Waals surface area contributed by atoms with Crippen LogP contribution in [0, 0.1) is 11.7 Å². The Morgan fingerprint density at radius 3 is 2.64 bits per heavy atom. The molecule has 1 saturated heterocycles. The number of anilines is 1. The smallest absolute Gasteiger partial charge is 0.230 e. The van der Waals surface area contributed by atoms with Crippen molar-refractivity contribution in [1.29, 1.82) is 0 Å². The molecule has 3 nitrogen and oxygen atoms in total. The minimum atomic E-state index is -2.36. The summed E-state index contributed by atoms with van der Waals surface area (Å²) in [5.74, 6) is -0.689. The number of hydrogen-bond acceptors (Lipinski definition) is 2. The van der Waals surface area contributed by atoms with Gasteiger partial charge in [-0.25, -0.2) is 4.39 Å². The number of halogens is 1. The van der Waals surface area contributed by atoms with Crippen LogP contribution < -0.4 is 10.4 Å². The van der Waals surface area contributed by atoms with Gasteiger partial charge in [-0.2, -0.15) is 0 Å². The molecule has 0 aromatic heterocycles. The van der Waals surface area contributed by atoms with Crippen LogP contribution in [-0.2, 0) is 4.79 Å². The molecule has 1 aromatic rings. The van der Waals surface area contributed by atoms with Crippen molar-refractivity contribution in [2.24, 2.45) is 5.92 Å². The van der Waals surface area contributed by atoms with E-state index in [1.54, 1.807) is 12.1 Å². The number of rotatable bonds is 4. The number of carbonyl (C=O) groups is 1. The summed E-state index contributed by atoms with van der Waals surface area (Å²) in [7, 11) is 3.19. The van der Waals surface area contributed by atoms with E-state index in [9.17, 15) is 14.0 Å². The molecule has 1 aromatic carbocycles. The molecule has 1 N–H and O–H groups in total. The second kappa shape index (κ2) is 5.81. The lowest BCUT2D eigenvalue weighted by molar-refractivity contribution is -0.120. The first-order valence-corrected chi connectivity index (χ1v) is 10.6. The lowest BCUT2D eigenvalue weighted by Crippen LogP contribution is -2.41. The predicted molar refractivity (Wildman–Crippen MR) is 90.6 cm³/mol. The molecule has 1 amide bonds. The summed E-state index contributed by atoms with van der Waals surface area (Å²) in [4.78, 5) is 24.5. The van der Waals surface area contributed by atoms with Crippen LogP contribution in [0.15, 0.2) is 18.2 Å². The zero-order valence-corrected chi connectivity index (χ0v) is 14.7. The van der Waals surface area contributed by atoms with E-state index in [0.29, 0.717) is 30.5 Å². The van der Waals surface area contributed by atoms with Gasteiger partial charge >= 0.3 is 0 Å². The zero-order valence-electron chi connectivity index (χ0n) is 13.7. The van der Waals surface area contributed by atoms with E-state index in [4.69, 9.17) is 7.85 Å². The second-order valence-electron chi connectivity index (χ2n) is 7.33. The van der Waals surface area contributed by atoms with Crippen LogP contribution in [0.4, 0.5) is 10.1 Å². The molecule has 2 rings (SSSR count). The molecule has 1 unspecified atom stereocenters. The first-order chi connectivity index (χ1) is 10.0. The normalized spacial score (nSPS) is 19.8. The van der Waals surface area contributed by atoms with E-state index >= 15 is 0 Å². The highest BCUT2D eigenvalue weighted by molar-refractivity contribution is 6.72. The Labute approximate surface area is 134 Å². The molecule has 1 aliphatic heterocycles. The maximum Gasteiger partial charge on any atom is 0.230 e. The maximum atomic E-state index is 14.0. The van der Waals surface area contributed by atoms with Crippen LogP contribution >= 0.6 is 0 Å². The Morgan fingerprint density at radius 2 is 2.09 bits per heavy atom. The third-order valence-corrected chi connectivity index (χ3v) is 8.51. The van der Waals surface area contributed by atoms with Gasteiger partial charge in [0.25, 0.3) is 0 Å². The van der Waals surface area contributed by atoms with E-state index < -0.39 is 14.1 Å². The Morgan fingerprint density at radius 1 is 1.45 bits per heavy atom. The van der Waals surface area contributed by atoms with Crippen LogP contribution in [0.1, 0.15) is 26.7 Å². The van der Waals surface area contributed by atoms with Gasteiger partial charge < -0.3 is 9.70 Å². The van der Waals surface area contributed by atoms with Crippen LogP contribution in [0.2, 0.25) is 18.1 Å². The van der Waals surface area contributed by atoms with Crippen molar-refractivity contribution in [2.75, 3.05) is 11.4 Å². The molecule has 22 heavy (non-hydrogen) atoms. The molecule has 0 saturated carbocycles. The van der Waals surface area contributed by atoms with E-state index in [-0.39, 0.29) is 16.9 Å². The van der Waals surface area contributed by atoms with Gasteiger partial charge in [-0.1, -0.05) is 25.4 Å². The van der Waals surface area contributed by atoms with E-state index in [2.05, 4.69) is 0 Å². The number of nitrogens with zero attached hydrogens (tertiary/aromatic N) is 1. The summed E-state index contributed by atoms with van der Waals surface area (Å²) in [6.45, 7) is 8.32. The SMILES string of the molecule is [B]c1ccc(N2CCC(CC(C)(C)[Si](C)(C)O)C2=O)c(F)c1. The Kier molecular flexibility index (Phi) is 4.55. The molecule has 0 bridgehead atoms. The van der Waals surface area contributed by atoms with Crippen molar-refractivity contribution in [3.05, 3.63) is 24.0 Å². The van der Waals surface area contributed by atoms with Gasteiger partial charge in [0.1, 0.15) is 13.7 Å². The maximum absolute atomic E-state index is 14.0. The zero-order chi connectivity index (χ0) is 16.7. The third-order valence-electron chi connectivity index (χ3n) is 4.99. The Balaban J connectivity index is 2.17. The van der Waals surface area contributed by atoms with Crippen molar-refractivity contribution >= 4 is 33.2 Å². The fourth-order valence-corrected chi connectivity index (χ4v) is 3.52. The van der Waals surface area contributed by atoms with Crippen LogP contribution in [0.25, 0.3) is 0 Å². The van der Waals surface area contributed by atoms with Gasteiger partial charge in [-0.15, -0.1) is 0 Å². The van der Waals surface area contributed by atoms with Crippen LogP contribution in [0.3, 0.4) is 0 Å². The topological polar surface area (TPSA) is 40.5 Å². The molecular formula is C16H23BFNO2Si. The summed E-state index contributed by atoms with van der Waals surface area (Å²) in [6, 6.07) is 4.40. The number of carbonyl (C=O) groups excluding carboxylic acids is 1. The third kappa shape index (κ3) is 3.28. The first-order valence-electron chi connectivity index (χ1n) is 7.62. The van der Waals surface area contributed by atoms with Gasteiger partial charge in [0, 0.05) is 12.5 Å². The van der Waals surface area contributed by atoms with Gasteiger partial charge in [-0.05, 0) is 43.1 Å². The molecule has 2 radical (unpaired) electrons. The summed E-state index contributed by atoms with van der Waals surface area (Å²) >= 11 is 0. The van der Waals surface area contributed by atoms with Crippen molar-refractivity contribution in [3.63, 3.8) is 0 Å². The second-order valence-corrected chi connectivity index (χ2v) is 11.8. The summed E-state index contributed by atoms with van der Waals surface area (Å²) in [5, 5.41) is -0.261. The molecule has 1 heterocycles. The first kappa shape index (κ1) is 17.2. The Hall–Kier alpha value is -1.14. The minimum absolute atomic E-state index is 0.0602.